The highest BCUT2D eigenvalue weighted by molar-refractivity contribution is 7.92. The Morgan fingerprint density at radius 1 is 0.857 bits per heavy atom. The molecular formula is C24H21N5O5S. The Morgan fingerprint density at radius 2 is 1.57 bits per heavy atom. The molecule has 4 rings (SSSR count). The number of fused-ring (bicyclic) bond motifs is 1. The van der Waals surface area contributed by atoms with Crippen molar-refractivity contribution in [1.82, 2.24) is 21.0 Å². The maximum atomic E-state index is 12.9. The number of carbonyl (C=O) groups is 2. The Balaban J connectivity index is 1.49. The van der Waals surface area contributed by atoms with Gasteiger partial charge in [0.25, 0.3) is 27.4 Å². The van der Waals surface area contributed by atoms with Crippen LogP contribution in [0.4, 0.5) is 5.69 Å². The number of amides is 2. The molecule has 0 aliphatic heterocycles. The number of aromatic amines is 1. The molecule has 11 heteroatoms. The second-order valence-electron chi connectivity index (χ2n) is 7.81. The van der Waals surface area contributed by atoms with Gasteiger partial charge in [0.1, 0.15) is 0 Å². The number of anilines is 1. The maximum absolute atomic E-state index is 12.9. The summed E-state index contributed by atoms with van der Waals surface area (Å²) >= 11 is 0. The normalized spacial score (nSPS) is 11.1. The van der Waals surface area contributed by atoms with E-state index < -0.39 is 27.4 Å². The molecule has 0 unspecified atom stereocenters. The van der Waals surface area contributed by atoms with Crippen molar-refractivity contribution in [2.24, 2.45) is 0 Å². The lowest BCUT2D eigenvalue weighted by molar-refractivity contribution is 0.0844. The highest BCUT2D eigenvalue weighted by Crippen LogP contribution is 2.21. The number of sulfonamides is 1. The molecule has 0 atom stereocenters. The minimum Gasteiger partial charge on any atom is -0.280 e. The summed E-state index contributed by atoms with van der Waals surface area (Å²) in [5, 5.41) is 6.63. The minimum absolute atomic E-state index is 0.0736. The highest BCUT2D eigenvalue weighted by atomic mass is 32.2. The van der Waals surface area contributed by atoms with Gasteiger partial charge in [-0.2, -0.15) is 5.10 Å². The Kier molecular flexibility index (Phi) is 6.34. The van der Waals surface area contributed by atoms with Gasteiger partial charge in [-0.3, -0.25) is 30.0 Å². The molecule has 35 heavy (non-hydrogen) atoms. The van der Waals surface area contributed by atoms with E-state index in [2.05, 4.69) is 25.8 Å². The third-order valence-electron chi connectivity index (χ3n) is 5.21. The number of hydrogen-bond donors (Lipinski definition) is 4. The molecule has 0 aliphatic carbocycles. The Bertz CT molecular complexity index is 1630. The predicted molar refractivity (Wildman–Crippen MR) is 130 cm³/mol. The molecule has 1 aromatic heterocycles. The molecule has 0 bridgehead atoms. The fourth-order valence-corrected chi connectivity index (χ4v) is 4.84. The fourth-order valence-electron chi connectivity index (χ4n) is 3.46. The number of aromatic nitrogens is 2. The zero-order chi connectivity index (χ0) is 25.2. The van der Waals surface area contributed by atoms with Gasteiger partial charge >= 0.3 is 0 Å². The zero-order valence-corrected chi connectivity index (χ0v) is 19.6. The molecule has 0 radical (unpaired) electrons. The summed E-state index contributed by atoms with van der Waals surface area (Å²) in [6.45, 7) is 3.49. The predicted octanol–water partition coefficient (Wildman–Crippen LogP) is 2.42. The molecule has 2 amide bonds. The summed E-state index contributed by atoms with van der Waals surface area (Å²) in [5.74, 6) is -1.42. The van der Waals surface area contributed by atoms with E-state index in [1.54, 1.807) is 50.2 Å². The number of benzene rings is 3. The van der Waals surface area contributed by atoms with E-state index in [0.29, 0.717) is 10.9 Å². The van der Waals surface area contributed by atoms with Crippen molar-refractivity contribution in [2.45, 2.75) is 18.7 Å². The van der Waals surface area contributed by atoms with Crippen molar-refractivity contribution in [1.29, 1.82) is 0 Å². The molecule has 4 aromatic rings. The number of rotatable bonds is 5. The third-order valence-corrected chi connectivity index (χ3v) is 6.73. The van der Waals surface area contributed by atoms with Crippen LogP contribution in [0.3, 0.4) is 0 Å². The zero-order valence-electron chi connectivity index (χ0n) is 18.7. The van der Waals surface area contributed by atoms with E-state index in [0.717, 1.165) is 5.56 Å². The lowest BCUT2D eigenvalue weighted by Crippen LogP contribution is -2.42. The van der Waals surface area contributed by atoms with Gasteiger partial charge in [0.05, 0.1) is 10.3 Å². The molecule has 0 spiro atoms. The van der Waals surface area contributed by atoms with Gasteiger partial charge in [-0.15, -0.1) is 0 Å². The summed E-state index contributed by atoms with van der Waals surface area (Å²) in [6, 6.07) is 17.4. The number of H-pyrrole nitrogens is 1. The van der Waals surface area contributed by atoms with Crippen LogP contribution in [0.15, 0.2) is 76.4 Å². The summed E-state index contributed by atoms with van der Waals surface area (Å²) in [5.41, 5.74) is 5.67. The number of hydrazine groups is 1. The molecule has 0 saturated carbocycles. The Hall–Kier alpha value is -4.51. The standard InChI is InChI=1S/C24H21N5O5S/c1-14-10-11-15(2)20(12-14)35(33,34)29-17-7-5-6-16(13-17)22(30)26-28-24(32)21-18-8-3-4-9-19(18)23(31)27-25-21/h3-13,29H,1-2H3,(H,26,30)(H,27,31)(H,28,32). The van der Waals surface area contributed by atoms with Crippen LogP contribution in [0.5, 0.6) is 0 Å². The SMILES string of the molecule is Cc1ccc(C)c(S(=O)(=O)Nc2cccc(C(=O)NNC(=O)c3n[nH]c(=O)c4ccccc34)c2)c1. The van der Waals surface area contributed by atoms with Crippen LogP contribution >= 0.6 is 0 Å². The molecule has 1 heterocycles. The largest absolute Gasteiger partial charge is 0.290 e. The lowest BCUT2D eigenvalue weighted by Gasteiger charge is -2.12. The Labute approximate surface area is 200 Å². The van der Waals surface area contributed by atoms with E-state index in [-0.39, 0.29) is 27.2 Å². The van der Waals surface area contributed by atoms with Crippen molar-refractivity contribution in [3.8, 4) is 0 Å². The number of carbonyl (C=O) groups excluding carboxylic acids is 2. The van der Waals surface area contributed by atoms with E-state index >= 15 is 0 Å². The van der Waals surface area contributed by atoms with Crippen molar-refractivity contribution in [2.75, 3.05) is 4.72 Å². The van der Waals surface area contributed by atoms with Crippen molar-refractivity contribution in [3.63, 3.8) is 0 Å². The van der Waals surface area contributed by atoms with Gasteiger partial charge in [-0.1, -0.05) is 36.4 Å². The number of hydrogen-bond acceptors (Lipinski definition) is 6. The van der Waals surface area contributed by atoms with Gasteiger partial charge in [0.2, 0.25) is 0 Å². The van der Waals surface area contributed by atoms with Crippen LogP contribution < -0.4 is 21.1 Å². The molecule has 0 aliphatic rings. The first-order valence-corrected chi connectivity index (χ1v) is 11.9. The van der Waals surface area contributed by atoms with Gasteiger partial charge in [-0.05, 0) is 55.3 Å². The number of nitrogens with zero attached hydrogens (tertiary/aromatic N) is 1. The van der Waals surface area contributed by atoms with Crippen LogP contribution in [0.1, 0.15) is 32.0 Å². The van der Waals surface area contributed by atoms with Crippen LogP contribution in [-0.2, 0) is 10.0 Å². The van der Waals surface area contributed by atoms with Crippen LogP contribution in [0.2, 0.25) is 0 Å². The Morgan fingerprint density at radius 3 is 2.34 bits per heavy atom. The second kappa shape index (κ2) is 9.39. The van der Waals surface area contributed by atoms with Gasteiger partial charge in [0.15, 0.2) is 5.69 Å². The number of aryl methyl sites for hydroxylation is 2. The molecule has 0 fully saturated rings. The third kappa shape index (κ3) is 5.04. The average molecular weight is 492 g/mol. The van der Waals surface area contributed by atoms with Gasteiger partial charge in [0, 0.05) is 16.6 Å². The van der Waals surface area contributed by atoms with Crippen LogP contribution in [0.25, 0.3) is 10.8 Å². The topological polar surface area (TPSA) is 150 Å². The summed E-state index contributed by atoms with van der Waals surface area (Å²) in [6.07, 6.45) is 0. The lowest BCUT2D eigenvalue weighted by atomic mass is 10.1. The molecule has 3 aromatic carbocycles. The van der Waals surface area contributed by atoms with Crippen molar-refractivity contribution < 1.29 is 18.0 Å². The minimum atomic E-state index is -3.88. The summed E-state index contributed by atoms with van der Waals surface area (Å²) in [7, 11) is -3.88. The molecule has 178 valence electrons. The fraction of sp³-hybridized carbons (Fsp3) is 0.0833. The smallest absolute Gasteiger partial charge is 0.280 e. The average Bonchev–Trinajstić information content (AvgIpc) is 2.84. The van der Waals surface area contributed by atoms with Gasteiger partial charge < -0.3 is 0 Å². The molecule has 0 saturated heterocycles. The molecule has 4 N–H and O–H groups in total. The molecule has 10 nitrogen and oxygen atoms in total. The van der Waals surface area contributed by atoms with E-state index in [4.69, 9.17) is 0 Å². The first-order chi connectivity index (χ1) is 16.7. The van der Waals surface area contributed by atoms with Crippen LogP contribution in [-0.4, -0.2) is 30.4 Å². The van der Waals surface area contributed by atoms with Crippen LogP contribution in [0, 0.1) is 13.8 Å². The highest BCUT2D eigenvalue weighted by Gasteiger charge is 2.19. The second-order valence-corrected chi connectivity index (χ2v) is 9.46. The number of nitrogens with one attached hydrogen (secondary N) is 4. The van der Waals surface area contributed by atoms with E-state index in [1.165, 1.54) is 24.3 Å². The summed E-state index contributed by atoms with van der Waals surface area (Å²) in [4.78, 5) is 37.2. The van der Waals surface area contributed by atoms with E-state index in [9.17, 15) is 22.8 Å². The quantitative estimate of drug-likeness (QED) is 0.315. The first kappa shape index (κ1) is 23.6. The first-order valence-electron chi connectivity index (χ1n) is 10.4. The van der Waals surface area contributed by atoms with Gasteiger partial charge in [-0.25, -0.2) is 13.5 Å². The van der Waals surface area contributed by atoms with Crippen molar-refractivity contribution >= 4 is 38.3 Å². The van der Waals surface area contributed by atoms with Crippen molar-refractivity contribution in [3.05, 3.63) is 99.5 Å². The molecular weight excluding hydrogens is 470 g/mol. The monoisotopic (exact) mass is 491 g/mol. The maximum Gasteiger partial charge on any atom is 0.290 e. The van der Waals surface area contributed by atoms with E-state index in [1.807, 2.05) is 6.07 Å². The summed E-state index contributed by atoms with van der Waals surface area (Å²) < 4.78 is 28.2.